The topological polar surface area (TPSA) is 38.5 Å². The molecule has 0 atom stereocenters. The molecule has 0 unspecified atom stereocenters. The summed E-state index contributed by atoms with van der Waals surface area (Å²) >= 11 is 0. The van der Waals surface area contributed by atoms with Crippen LogP contribution in [0.1, 0.15) is 51.9 Å². The summed E-state index contributed by atoms with van der Waals surface area (Å²) in [6.45, 7) is 5.59. The van der Waals surface area contributed by atoms with Crippen LogP contribution in [0, 0.1) is 5.92 Å². The molecule has 2 rings (SSSR count). The van der Waals surface area contributed by atoms with E-state index in [0.717, 1.165) is 12.5 Å². The summed E-state index contributed by atoms with van der Waals surface area (Å²) < 4.78 is 5.50. The molecule has 2 aliphatic carbocycles. The molecule has 2 fully saturated rings. The van der Waals surface area contributed by atoms with Crippen molar-refractivity contribution < 1.29 is 4.74 Å². The minimum Gasteiger partial charge on any atom is -0.381 e. The molecule has 0 spiro atoms. The van der Waals surface area contributed by atoms with Crippen LogP contribution in [0.25, 0.3) is 0 Å². The summed E-state index contributed by atoms with van der Waals surface area (Å²) in [6, 6.07) is 0. The highest BCUT2D eigenvalue weighted by Crippen LogP contribution is 2.38. The van der Waals surface area contributed by atoms with Crippen LogP contribution >= 0.6 is 0 Å². The van der Waals surface area contributed by atoms with Gasteiger partial charge >= 0.3 is 0 Å². The Balaban J connectivity index is 1.98. The highest BCUT2D eigenvalue weighted by Gasteiger charge is 2.40. The Morgan fingerprint density at radius 2 is 1.89 bits per heavy atom. The number of hydrogen-bond donors (Lipinski definition) is 1. The van der Waals surface area contributed by atoms with Crippen molar-refractivity contribution in [2.45, 2.75) is 63.5 Å². The molecule has 0 aromatic rings. The first-order chi connectivity index (χ1) is 8.74. The molecule has 0 saturated heterocycles. The van der Waals surface area contributed by atoms with Crippen LogP contribution < -0.4 is 5.73 Å². The molecule has 0 aromatic heterocycles. The van der Waals surface area contributed by atoms with Crippen LogP contribution in [0.3, 0.4) is 0 Å². The van der Waals surface area contributed by atoms with Crippen LogP contribution in [0.5, 0.6) is 0 Å². The van der Waals surface area contributed by atoms with Crippen LogP contribution in [0.2, 0.25) is 0 Å². The summed E-state index contributed by atoms with van der Waals surface area (Å²) in [5, 5.41) is 0. The van der Waals surface area contributed by atoms with E-state index in [0.29, 0.717) is 6.10 Å². The third-order valence-corrected chi connectivity index (χ3v) is 4.92. The summed E-state index contributed by atoms with van der Waals surface area (Å²) in [5.74, 6) is 0.958. The first-order valence-electron chi connectivity index (χ1n) is 7.72. The van der Waals surface area contributed by atoms with Crippen molar-refractivity contribution in [1.29, 1.82) is 0 Å². The second kappa shape index (κ2) is 6.36. The van der Waals surface area contributed by atoms with Crippen LogP contribution in [-0.4, -0.2) is 43.3 Å². The van der Waals surface area contributed by atoms with E-state index in [4.69, 9.17) is 10.5 Å². The molecular weight excluding hydrogens is 224 g/mol. The zero-order valence-electron chi connectivity index (χ0n) is 12.2. The Hall–Kier alpha value is -0.120. The average molecular weight is 254 g/mol. The van der Waals surface area contributed by atoms with E-state index < -0.39 is 0 Å². The van der Waals surface area contributed by atoms with Gasteiger partial charge in [0, 0.05) is 25.7 Å². The maximum absolute atomic E-state index is 6.17. The molecule has 2 saturated carbocycles. The van der Waals surface area contributed by atoms with E-state index in [-0.39, 0.29) is 5.54 Å². The van der Waals surface area contributed by atoms with Gasteiger partial charge in [-0.1, -0.05) is 6.92 Å². The SMILES string of the molecule is CCCN(CC1CC1)C1(CN)CCC(OC)CC1. The van der Waals surface area contributed by atoms with Crippen molar-refractivity contribution in [3.05, 3.63) is 0 Å². The highest BCUT2D eigenvalue weighted by molar-refractivity contribution is 4.97. The van der Waals surface area contributed by atoms with E-state index in [1.807, 2.05) is 7.11 Å². The van der Waals surface area contributed by atoms with Gasteiger partial charge in [0.1, 0.15) is 0 Å². The van der Waals surface area contributed by atoms with Crippen molar-refractivity contribution in [3.8, 4) is 0 Å². The number of ether oxygens (including phenoxy) is 1. The zero-order valence-corrected chi connectivity index (χ0v) is 12.2. The Bertz CT molecular complexity index is 245. The number of methoxy groups -OCH3 is 1. The van der Waals surface area contributed by atoms with Crippen LogP contribution in [-0.2, 0) is 4.74 Å². The Kier molecular flexibility index (Phi) is 5.05. The minimum atomic E-state index is 0.271. The first kappa shape index (κ1) is 14.3. The summed E-state index contributed by atoms with van der Waals surface area (Å²) in [6.07, 6.45) is 9.36. The lowest BCUT2D eigenvalue weighted by atomic mass is 9.78. The molecule has 0 heterocycles. The highest BCUT2D eigenvalue weighted by atomic mass is 16.5. The molecule has 18 heavy (non-hydrogen) atoms. The second-order valence-electron chi connectivity index (χ2n) is 6.25. The average Bonchev–Trinajstić information content (AvgIpc) is 3.22. The third-order valence-electron chi connectivity index (χ3n) is 4.92. The molecule has 106 valence electrons. The predicted molar refractivity (Wildman–Crippen MR) is 75.6 cm³/mol. The fourth-order valence-corrected chi connectivity index (χ4v) is 3.42. The fourth-order valence-electron chi connectivity index (χ4n) is 3.42. The summed E-state index contributed by atoms with van der Waals surface area (Å²) in [7, 11) is 1.84. The van der Waals surface area contributed by atoms with Crippen molar-refractivity contribution in [3.63, 3.8) is 0 Å². The zero-order chi connectivity index (χ0) is 13.0. The Morgan fingerprint density at radius 3 is 2.33 bits per heavy atom. The van der Waals surface area contributed by atoms with Gasteiger partial charge in [0.15, 0.2) is 0 Å². The molecule has 2 N–H and O–H groups in total. The lowest BCUT2D eigenvalue weighted by molar-refractivity contribution is -0.00894. The number of rotatable bonds is 7. The van der Waals surface area contributed by atoms with Gasteiger partial charge in [-0.3, -0.25) is 4.90 Å². The molecule has 0 radical (unpaired) electrons. The van der Waals surface area contributed by atoms with Crippen LogP contribution in [0.15, 0.2) is 0 Å². The van der Waals surface area contributed by atoms with E-state index in [2.05, 4.69) is 11.8 Å². The first-order valence-corrected chi connectivity index (χ1v) is 7.72. The van der Waals surface area contributed by atoms with Crippen molar-refractivity contribution >= 4 is 0 Å². The number of hydrogen-bond acceptors (Lipinski definition) is 3. The van der Waals surface area contributed by atoms with Gasteiger partial charge in [-0.15, -0.1) is 0 Å². The van der Waals surface area contributed by atoms with E-state index in [1.165, 1.54) is 58.0 Å². The monoisotopic (exact) mass is 254 g/mol. The van der Waals surface area contributed by atoms with Gasteiger partial charge in [-0.25, -0.2) is 0 Å². The third kappa shape index (κ3) is 3.25. The normalized spacial score (nSPS) is 33.0. The van der Waals surface area contributed by atoms with Crippen molar-refractivity contribution in [2.75, 3.05) is 26.7 Å². The predicted octanol–water partition coefficient (Wildman–Crippen LogP) is 2.39. The van der Waals surface area contributed by atoms with E-state index in [9.17, 15) is 0 Å². The van der Waals surface area contributed by atoms with Gasteiger partial charge in [0.25, 0.3) is 0 Å². The largest absolute Gasteiger partial charge is 0.381 e. The maximum atomic E-state index is 6.17. The summed E-state index contributed by atoms with van der Waals surface area (Å²) in [5.41, 5.74) is 6.44. The molecular formula is C15H30N2O. The quantitative estimate of drug-likeness (QED) is 0.758. The molecule has 0 aliphatic heterocycles. The second-order valence-corrected chi connectivity index (χ2v) is 6.25. The maximum Gasteiger partial charge on any atom is 0.0572 e. The molecule has 3 nitrogen and oxygen atoms in total. The Labute approximate surface area is 112 Å². The van der Waals surface area contributed by atoms with Gasteiger partial charge in [-0.05, 0) is 57.4 Å². The van der Waals surface area contributed by atoms with E-state index in [1.54, 1.807) is 0 Å². The number of nitrogens with zero attached hydrogens (tertiary/aromatic N) is 1. The molecule has 2 aliphatic rings. The molecule has 0 amide bonds. The molecule has 0 aromatic carbocycles. The lowest BCUT2D eigenvalue weighted by Gasteiger charge is -2.47. The van der Waals surface area contributed by atoms with Gasteiger partial charge < -0.3 is 10.5 Å². The standard InChI is InChI=1S/C15H30N2O/c1-3-10-17(11-13-4-5-13)15(12-16)8-6-14(18-2)7-9-15/h13-14H,3-12,16H2,1-2H3. The lowest BCUT2D eigenvalue weighted by Crippen LogP contribution is -2.57. The summed E-state index contributed by atoms with van der Waals surface area (Å²) in [4.78, 5) is 2.72. The minimum absolute atomic E-state index is 0.271. The molecule has 3 heteroatoms. The molecule has 0 bridgehead atoms. The van der Waals surface area contributed by atoms with Gasteiger partial charge in [0.05, 0.1) is 6.10 Å². The van der Waals surface area contributed by atoms with E-state index >= 15 is 0 Å². The van der Waals surface area contributed by atoms with Gasteiger partial charge in [-0.2, -0.15) is 0 Å². The fraction of sp³-hybridized carbons (Fsp3) is 1.00. The van der Waals surface area contributed by atoms with Crippen molar-refractivity contribution in [2.24, 2.45) is 11.7 Å². The Morgan fingerprint density at radius 1 is 1.22 bits per heavy atom. The number of nitrogens with two attached hydrogens (primary N) is 1. The van der Waals surface area contributed by atoms with Gasteiger partial charge in [0.2, 0.25) is 0 Å². The smallest absolute Gasteiger partial charge is 0.0572 e. The van der Waals surface area contributed by atoms with Crippen molar-refractivity contribution in [1.82, 2.24) is 4.90 Å². The van der Waals surface area contributed by atoms with Crippen LogP contribution in [0.4, 0.5) is 0 Å².